The smallest absolute Gasteiger partial charge is 0.265 e. The van der Waals surface area contributed by atoms with Gasteiger partial charge in [0.2, 0.25) is 5.91 Å². The van der Waals surface area contributed by atoms with Gasteiger partial charge in [0, 0.05) is 43.0 Å². The van der Waals surface area contributed by atoms with E-state index in [0.29, 0.717) is 31.0 Å². The number of carbonyl (C=O) groups excluding carboxylic acids is 1. The third-order valence-electron chi connectivity index (χ3n) is 3.08. The number of halogens is 2. The number of nitrogens with zero attached hydrogens (tertiary/aromatic N) is 1. The van der Waals surface area contributed by atoms with Gasteiger partial charge >= 0.3 is 0 Å². The van der Waals surface area contributed by atoms with Crippen LogP contribution in [0.4, 0.5) is 20.2 Å². The number of benzene rings is 1. The summed E-state index contributed by atoms with van der Waals surface area (Å²) in [6, 6.07) is 4.32. The molecule has 3 N–H and O–H groups in total. The van der Waals surface area contributed by atoms with Crippen LogP contribution in [0.25, 0.3) is 0 Å². The molecule has 0 saturated heterocycles. The van der Waals surface area contributed by atoms with Gasteiger partial charge in [0.05, 0.1) is 0 Å². The molecule has 0 saturated carbocycles. The third kappa shape index (κ3) is 4.36. The lowest BCUT2D eigenvalue weighted by atomic mass is 10.1. The molecule has 6 heteroatoms. The minimum atomic E-state index is -2.60. The van der Waals surface area contributed by atoms with Gasteiger partial charge in [-0.2, -0.15) is 0 Å². The van der Waals surface area contributed by atoms with Crippen LogP contribution in [0.15, 0.2) is 18.2 Å². The van der Waals surface area contributed by atoms with Crippen LogP contribution in [0.2, 0.25) is 0 Å². The van der Waals surface area contributed by atoms with E-state index in [1.54, 1.807) is 11.0 Å². The van der Waals surface area contributed by atoms with E-state index >= 15 is 0 Å². The molecule has 0 heterocycles. The maximum atomic E-state index is 12.9. The molecule has 112 valence electrons. The second kappa shape index (κ2) is 7.67. The molecule has 0 bridgehead atoms. The molecule has 0 aliphatic rings. The second-order valence-electron chi connectivity index (χ2n) is 4.39. The van der Waals surface area contributed by atoms with E-state index in [4.69, 9.17) is 5.73 Å². The summed E-state index contributed by atoms with van der Waals surface area (Å²) in [5.41, 5.74) is 5.97. The fourth-order valence-electron chi connectivity index (χ4n) is 1.96. The molecule has 1 aromatic carbocycles. The van der Waals surface area contributed by atoms with Crippen molar-refractivity contribution in [2.45, 2.75) is 26.7 Å². The van der Waals surface area contributed by atoms with Crippen molar-refractivity contribution < 1.29 is 13.6 Å². The predicted molar refractivity (Wildman–Crippen MR) is 76.8 cm³/mol. The normalized spacial score (nSPS) is 10.7. The Morgan fingerprint density at radius 3 is 2.55 bits per heavy atom. The van der Waals surface area contributed by atoms with E-state index in [2.05, 4.69) is 5.32 Å². The Morgan fingerprint density at radius 2 is 2.00 bits per heavy atom. The van der Waals surface area contributed by atoms with Gasteiger partial charge in [-0.1, -0.05) is 0 Å². The number of nitrogen functional groups attached to an aromatic ring is 1. The Hall–Kier alpha value is -1.85. The SMILES string of the molecule is CCN(CC)C(=O)CCNc1ccc(N)cc1C(F)F. The van der Waals surface area contributed by atoms with Crippen LogP contribution in [-0.4, -0.2) is 30.4 Å². The van der Waals surface area contributed by atoms with Crippen LogP contribution in [-0.2, 0) is 4.79 Å². The van der Waals surface area contributed by atoms with Gasteiger partial charge in [-0.3, -0.25) is 4.79 Å². The van der Waals surface area contributed by atoms with E-state index in [1.165, 1.54) is 12.1 Å². The Balaban J connectivity index is 2.60. The Bertz CT molecular complexity index is 448. The first-order valence-electron chi connectivity index (χ1n) is 6.68. The van der Waals surface area contributed by atoms with Crippen molar-refractivity contribution in [3.8, 4) is 0 Å². The van der Waals surface area contributed by atoms with E-state index < -0.39 is 6.43 Å². The van der Waals surface area contributed by atoms with Gasteiger partial charge in [0.1, 0.15) is 0 Å². The molecule has 1 rings (SSSR count). The summed E-state index contributed by atoms with van der Waals surface area (Å²) >= 11 is 0. The highest BCUT2D eigenvalue weighted by Crippen LogP contribution is 2.28. The number of nitrogens with one attached hydrogen (secondary N) is 1. The molecule has 0 unspecified atom stereocenters. The summed E-state index contributed by atoms with van der Waals surface area (Å²) < 4.78 is 25.7. The number of hydrogen-bond donors (Lipinski definition) is 2. The van der Waals surface area contributed by atoms with Crippen molar-refractivity contribution in [2.75, 3.05) is 30.7 Å². The van der Waals surface area contributed by atoms with E-state index in [1.807, 2.05) is 13.8 Å². The summed E-state index contributed by atoms with van der Waals surface area (Å²) in [7, 11) is 0. The fourth-order valence-corrected chi connectivity index (χ4v) is 1.96. The first-order chi connectivity index (χ1) is 9.49. The van der Waals surface area contributed by atoms with Gasteiger partial charge in [-0.25, -0.2) is 8.78 Å². The van der Waals surface area contributed by atoms with E-state index in [-0.39, 0.29) is 17.9 Å². The molecule has 0 atom stereocenters. The Kier molecular flexibility index (Phi) is 6.21. The molecule has 0 aliphatic heterocycles. The average Bonchev–Trinajstić information content (AvgIpc) is 2.41. The van der Waals surface area contributed by atoms with Gasteiger partial charge in [0.15, 0.2) is 0 Å². The molecule has 4 nitrogen and oxygen atoms in total. The molecule has 1 aromatic rings. The molecule has 0 radical (unpaired) electrons. The summed E-state index contributed by atoms with van der Waals surface area (Å²) in [4.78, 5) is 13.5. The zero-order valence-electron chi connectivity index (χ0n) is 11.8. The molecule has 0 aromatic heterocycles. The lowest BCUT2D eigenvalue weighted by Gasteiger charge is -2.19. The molecule has 0 aliphatic carbocycles. The Labute approximate surface area is 117 Å². The number of hydrogen-bond acceptors (Lipinski definition) is 3. The van der Waals surface area contributed by atoms with Crippen molar-refractivity contribution in [2.24, 2.45) is 0 Å². The number of nitrogens with two attached hydrogens (primary N) is 1. The Morgan fingerprint density at radius 1 is 1.35 bits per heavy atom. The van der Waals surface area contributed by atoms with Gasteiger partial charge in [0.25, 0.3) is 6.43 Å². The summed E-state index contributed by atoms with van der Waals surface area (Å²) in [5, 5.41) is 2.87. The monoisotopic (exact) mass is 285 g/mol. The van der Waals surface area contributed by atoms with Crippen molar-refractivity contribution in [1.29, 1.82) is 0 Å². The molecular weight excluding hydrogens is 264 g/mol. The number of amides is 1. The minimum Gasteiger partial charge on any atom is -0.399 e. The summed E-state index contributed by atoms with van der Waals surface area (Å²) in [6.07, 6.45) is -2.33. The summed E-state index contributed by atoms with van der Waals surface area (Å²) in [5.74, 6) is 0.0107. The van der Waals surface area contributed by atoms with Crippen molar-refractivity contribution in [3.05, 3.63) is 23.8 Å². The molecule has 1 amide bonds. The van der Waals surface area contributed by atoms with Crippen LogP contribution in [0.1, 0.15) is 32.3 Å². The molecule has 20 heavy (non-hydrogen) atoms. The van der Waals surface area contributed by atoms with E-state index in [0.717, 1.165) is 0 Å². The first-order valence-corrected chi connectivity index (χ1v) is 6.68. The lowest BCUT2D eigenvalue weighted by molar-refractivity contribution is -0.130. The van der Waals surface area contributed by atoms with Crippen LogP contribution in [0.3, 0.4) is 0 Å². The van der Waals surface area contributed by atoms with Crippen LogP contribution < -0.4 is 11.1 Å². The highest BCUT2D eigenvalue weighted by atomic mass is 19.3. The topological polar surface area (TPSA) is 58.4 Å². The standard InChI is InChI=1S/C14H21F2N3O/c1-3-19(4-2)13(20)7-8-18-12-6-5-10(17)9-11(12)14(15)16/h5-6,9,14,18H,3-4,7-8,17H2,1-2H3. The van der Waals surface area contributed by atoms with Crippen molar-refractivity contribution in [1.82, 2.24) is 4.90 Å². The second-order valence-corrected chi connectivity index (χ2v) is 4.39. The number of anilines is 2. The quantitative estimate of drug-likeness (QED) is 0.757. The zero-order chi connectivity index (χ0) is 15.1. The largest absolute Gasteiger partial charge is 0.399 e. The maximum Gasteiger partial charge on any atom is 0.265 e. The number of carbonyl (C=O) groups is 1. The molecule has 0 fully saturated rings. The first kappa shape index (κ1) is 16.2. The van der Waals surface area contributed by atoms with Gasteiger partial charge < -0.3 is 16.0 Å². The van der Waals surface area contributed by atoms with Crippen LogP contribution in [0.5, 0.6) is 0 Å². The van der Waals surface area contributed by atoms with Crippen molar-refractivity contribution >= 4 is 17.3 Å². The third-order valence-corrected chi connectivity index (χ3v) is 3.08. The minimum absolute atomic E-state index is 0.0107. The average molecular weight is 285 g/mol. The van der Waals surface area contributed by atoms with Gasteiger partial charge in [-0.05, 0) is 32.0 Å². The van der Waals surface area contributed by atoms with E-state index in [9.17, 15) is 13.6 Å². The van der Waals surface area contributed by atoms with Gasteiger partial charge in [-0.15, -0.1) is 0 Å². The fraction of sp³-hybridized carbons (Fsp3) is 0.500. The highest BCUT2D eigenvalue weighted by molar-refractivity contribution is 5.76. The zero-order valence-corrected chi connectivity index (χ0v) is 11.8. The predicted octanol–water partition coefficient (Wildman–Crippen LogP) is 2.88. The van der Waals surface area contributed by atoms with Crippen LogP contribution >= 0.6 is 0 Å². The van der Waals surface area contributed by atoms with Crippen molar-refractivity contribution in [3.63, 3.8) is 0 Å². The number of alkyl halides is 2. The summed E-state index contributed by atoms with van der Waals surface area (Å²) in [6.45, 7) is 5.44. The maximum absolute atomic E-state index is 12.9. The highest BCUT2D eigenvalue weighted by Gasteiger charge is 2.14. The molecular formula is C14H21F2N3O. The molecule has 0 spiro atoms. The number of rotatable bonds is 7. The lowest BCUT2D eigenvalue weighted by Crippen LogP contribution is -2.31. The van der Waals surface area contributed by atoms with Crippen LogP contribution in [0, 0.1) is 0 Å².